The number of alkyl carbamates (subject to hydrolysis) is 1. The molecule has 5 atom stereocenters. The lowest BCUT2D eigenvalue weighted by molar-refractivity contribution is -0.142. The van der Waals surface area contributed by atoms with Gasteiger partial charge in [-0.1, -0.05) is 64.9 Å². The number of nitrogens with one attached hydrogen (secondary N) is 3. The molecule has 0 bridgehead atoms. The van der Waals surface area contributed by atoms with Gasteiger partial charge in [-0.3, -0.25) is 14.4 Å². The summed E-state index contributed by atoms with van der Waals surface area (Å²) in [5, 5.41) is 19.3. The number of ether oxygens (including phenoxy) is 1. The molecule has 0 saturated carbocycles. The van der Waals surface area contributed by atoms with Crippen molar-refractivity contribution in [3.63, 3.8) is 0 Å². The van der Waals surface area contributed by atoms with E-state index in [2.05, 4.69) is 36.4 Å². The number of amides is 4. The van der Waals surface area contributed by atoms with E-state index in [0.29, 0.717) is 31.7 Å². The summed E-state index contributed by atoms with van der Waals surface area (Å²) < 4.78 is 5.45. The molecule has 234 valence electrons. The van der Waals surface area contributed by atoms with Crippen molar-refractivity contribution in [3.05, 3.63) is 12.7 Å². The van der Waals surface area contributed by atoms with Crippen molar-refractivity contribution in [2.45, 2.75) is 135 Å². The Hall–Kier alpha value is -2.62. The molecular weight excluding hydrogens is 524 g/mol. The Labute approximate surface area is 246 Å². The summed E-state index contributed by atoms with van der Waals surface area (Å²) in [4.78, 5) is 54.8. The molecule has 2 rings (SSSR count). The molecule has 2 aliphatic heterocycles. The molecule has 0 aromatic carbocycles. The molecule has 10 heteroatoms. The molecule has 1 unspecified atom stereocenters. The van der Waals surface area contributed by atoms with Crippen LogP contribution in [-0.2, 0) is 19.1 Å². The highest BCUT2D eigenvalue weighted by Crippen LogP contribution is 2.31. The fourth-order valence-electron chi connectivity index (χ4n) is 5.85. The highest BCUT2D eigenvalue weighted by Gasteiger charge is 2.45. The van der Waals surface area contributed by atoms with Gasteiger partial charge in [-0.05, 0) is 58.3 Å². The molecule has 4 amide bonds. The third-order valence-corrected chi connectivity index (χ3v) is 7.74. The first-order chi connectivity index (χ1) is 19.3. The van der Waals surface area contributed by atoms with Crippen molar-refractivity contribution < 1.29 is 29.0 Å². The number of hydrogen-bond acceptors (Lipinski definition) is 6. The van der Waals surface area contributed by atoms with E-state index in [9.17, 15) is 24.3 Å². The van der Waals surface area contributed by atoms with Crippen LogP contribution in [0.1, 0.15) is 105 Å². The molecule has 4 N–H and O–H groups in total. The maximum Gasteiger partial charge on any atom is 0.408 e. The Kier molecular flexibility index (Phi) is 14.1. The SMILES string of the molecule is C=CCNC(=O)C(O)[C@@H]1CCCCCCCCC[C@H](NC(=O)OC(C)(C)C)C(=O)N2CC[C@H](CC(C)C)[C@H]2C(=O)N1. The van der Waals surface area contributed by atoms with E-state index in [4.69, 9.17) is 4.74 Å². The van der Waals surface area contributed by atoms with Crippen LogP contribution in [0.2, 0.25) is 0 Å². The van der Waals surface area contributed by atoms with Gasteiger partial charge in [-0.15, -0.1) is 6.58 Å². The standard InChI is InChI=1S/C31H54N4O6/c1-7-18-32-28(38)26(36)23-15-13-11-9-8-10-12-14-16-24(34-30(40)41-31(4,5)6)29(39)35-19-17-22(20-21(2)3)25(35)27(37)33-23/h7,21-26,36H,1,8-20H2,2-6H3,(H,32,38)(H,33,37)(H,34,40)/t22-,23+,24+,25+,26?/m1/s1. The van der Waals surface area contributed by atoms with E-state index in [-0.39, 0.29) is 24.3 Å². The lowest BCUT2D eigenvalue weighted by atomic mass is 9.89. The lowest BCUT2D eigenvalue weighted by Crippen LogP contribution is -2.58. The van der Waals surface area contributed by atoms with Crippen LogP contribution in [0.5, 0.6) is 0 Å². The number of rotatable bonds is 7. The maximum absolute atomic E-state index is 14.0. The van der Waals surface area contributed by atoms with Gasteiger partial charge in [0.25, 0.3) is 5.91 Å². The molecule has 2 aliphatic rings. The number of aliphatic hydroxyl groups is 1. The molecule has 0 spiro atoms. The third-order valence-electron chi connectivity index (χ3n) is 7.74. The maximum atomic E-state index is 14.0. The second kappa shape index (κ2) is 16.7. The smallest absolute Gasteiger partial charge is 0.408 e. The zero-order chi connectivity index (χ0) is 30.6. The van der Waals surface area contributed by atoms with Crippen molar-refractivity contribution in [1.82, 2.24) is 20.9 Å². The minimum atomic E-state index is -1.42. The van der Waals surface area contributed by atoms with Crippen LogP contribution in [0.25, 0.3) is 0 Å². The zero-order valence-electron chi connectivity index (χ0n) is 25.9. The van der Waals surface area contributed by atoms with Gasteiger partial charge in [0.15, 0.2) is 6.10 Å². The van der Waals surface area contributed by atoms with E-state index < -0.39 is 41.8 Å². The van der Waals surface area contributed by atoms with Gasteiger partial charge in [0, 0.05) is 13.1 Å². The van der Waals surface area contributed by atoms with Gasteiger partial charge in [0.1, 0.15) is 17.7 Å². The minimum absolute atomic E-state index is 0.0765. The number of nitrogens with zero attached hydrogens (tertiary/aromatic N) is 1. The topological polar surface area (TPSA) is 137 Å². The fraction of sp³-hybridized carbons (Fsp3) is 0.806. The molecule has 2 saturated heterocycles. The lowest BCUT2D eigenvalue weighted by Gasteiger charge is -2.33. The van der Waals surface area contributed by atoms with E-state index in [0.717, 1.165) is 51.4 Å². The zero-order valence-corrected chi connectivity index (χ0v) is 25.9. The second-order valence-corrected chi connectivity index (χ2v) is 13.0. The Bertz CT molecular complexity index is 886. The third kappa shape index (κ3) is 11.6. The summed E-state index contributed by atoms with van der Waals surface area (Å²) in [6, 6.07) is -2.35. The molecule has 0 radical (unpaired) electrons. The van der Waals surface area contributed by atoms with Crippen molar-refractivity contribution in [2.75, 3.05) is 13.1 Å². The normalized spacial score (nSPS) is 26.1. The fourth-order valence-corrected chi connectivity index (χ4v) is 5.85. The molecule has 0 aromatic heterocycles. The van der Waals surface area contributed by atoms with Gasteiger partial charge in [0.05, 0.1) is 6.04 Å². The monoisotopic (exact) mass is 578 g/mol. The van der Waals surface area contributed by atoms with E-state index in [1.54, 1.807) is 25.7 Å². The predicted octanol–water partition coefficient (Wildman–Crippen LogP) is 3.82. The number of carbonyl (C=O) groups excluding carboxylic acids is 4. The molecule has 10 nitrogen and oxygen atoms in total. The Morgan fingerprint density at radius 2 is 1.68 bits per heavy atom. The summed E-state index contributed by atoms with van der Waals surface area (Å²) in [7, 11) is 0. The van der Waals surface area contributed by atoms with Crippen LogP contribution in [0.4, 0.5) is 4.79 Å². The van der Waals surface area contributed by atoms with Gasteiger partial charge >= 0.3 is 6.09 Å². The first-order valence-electron chi connectivity index (χ1n) is 15.5. The summed E-state index contributed by atoms with van der Waals surface area (Å²) >= 11 is 0. The summed E-state index contributed by atoms with van der Waals surface area (Å²) in [5.41, 5.74) is -0.711. The van der Waals surface area contributed by atoms with Crippen LogP contribution >= 0.6 is 0 Å². The van der Waals surface area contributed by atoms with Crippen molar-refractivity contribution in [2.24, 2.45) is 11.8 Å². The Morgan fingerprint density at radius 1 is 1.07 bits per heavy atom. The van der Waals surface area contributed by atoms with Crippen LogP contribution < -0.4 is 16.0 Å². The molecule has 0 aliphatic carbocycles. The highest BCUT2D eigenvalue weighted by atomic mass is 16.6. The van der Waals surface area contributed by atoms with Crippen LogP contribution in [0, 0.1) is 11.8 Å². The summed E-state index contributed by atoms with van der Waals surface area (Å²) in [6.45, 7) is 13.7. The van der Waals surface area contributed by atoms with Crippen LogP contribution in [0.15, 0.2) is 12.7 Å². The van der Waals surface area contributed by atoms with Gasteiger partial charge in [0.2, 0.25) is 11.8 Å². The minimum Gasteiger partial charge on any atom is -0.444 e. The number of aliphatic hydroxyl groups excluding tert-OH is 1. The number of hydrogen-bond donors (Lipinski definition) is 4. The van der Waals surface area contributed by atoms with E-state index >= 15 is 0 Å². The first kappa shape index (κ1) is 34.6. The Morgan fingerprint density at radius 3 is 2.27 bits per heavy atom. The number of fused-ring (bicyclic) bond motifs is 1. The van der Waals surface area contributed by atoms with Gasteiger partial charge < -0.3 is 30.7 Å². The molecule has 41 heavy (non-hydrogen) atoms. The van der Waals surface area contributed by atoms with Crippen LogP contribution in [0.3, 0.4) is 0 Å². The van der Waals surface area contributed by atoms with Gasteiger partial charge in [-0.2, -0.15) is 0 Å². The highest BCUT2D eigenvalue weighted by molar-refractivity contribution is 5.92. The largest absolute Gasteiger partial charge is 0.444 e. The Balaban J connectivity index is 2.37. The van der Waals surface area contributed by atoms with Crippen LogP contribution in [-0.4, -0.2) is 76.7 Å². The summed E-state index contributed by atoms with van der Waals surface area (Å²) in [5.74, 6) is -0.998. The number of carbonyl (C=O) groups is 4. The van der Waals surface area contributed by atoms with Crippen molar-refractivity contribution in [3.8, 4) is 0 Å². The molecular formula is C31H54N4O6. The molecule has 2 heterocycles. The molecule has 2 fully saturated rings. The average molecular weight is 579 g/mol. The molecule has 0 aromatic rings. The van der Waals surface area contributed by atoms with E-state index in [1.807, 2.05) is 0 Å². The first-order valence-corrected chi connectivity index (χ1v) is 15.5. The van der Waals surface area contributed by atoms with Gasteiger partial charge in [-0.25, -0.2) is 4.79 Å². The van der Waals surface area contributed by atoms with Crippen molar-refractivity contribution >= 4 is 23.8 Å². The average Bonchev–Trinajstić information content (AvgIpc) is 3.29. The second-order valence-electron chi connectivity index (χ2n) is 13.0. The van der Waals surface area contributed by atoms with E-state index in [1.165, 1.54) is 6.08 Å². The van der Waals surface area contributed by atoms with Crippen molar-refractivity contribution in [1.29, 1.82) is 0 Å². The quantitative estimate of drug-likeness (QED) is 0.339. The predicted molar refractivity (Wildman–Crippen MR) is 159 cm³/mol. The summed E-state index contributed by atoms with van der Waals surface area (Å²) in [6.07, 6.45) is 8.24.